The number of rotatable bonds is 4. The van der Waals surface area contributed by atoms with E-state index < -0.39 is 23.9 Å². The van der Waals surface area contributed by atoms with Crippen LogP contribution in [0.15, 0.2) is 29.9 Å². The molecule has 0 aliphatic carbocycles. The Morgan fingerprint density at radius 2 is 2.23 bits per heavy atom. The highest BCUT2D eigenvalue weighted by Gasteiger charge is 2.34. The number of urea groups is 1. The van der Waals surface area contributed by atoms with E-state index in [0.717, 1.165) is 16.7 Å². The molecule has 2 aromatic heterocycles. The lowest BCUT2D eigenvalue weighted by Gasteiger charge is -2.15. The molecule has 0 radical (unpaired) electrons. The van der Waals surface area contributed by atoms with Gasteiger partial charge in [0, 0.05) is 11.6 Å². The maximum atomic E-state index is 12.6. The number of hydrogen-bond donors (Lipinski definition) is 2. The molecule has 0 saturated heterocycles. The first-order valence-corrected chi connectivity index (χ1v) is 7.28. The van der Waals surface area contributed by atoms with Crippen LogP contribution < -0.4 is 10.6 Å². The summed E-state index contributed by atoms with van der Waals surface area (Å²) in [6, 6.07) is 2.20. The minimum absolute atomic E-state index is 0.219. The normalized spacial score (nSPS) is 12.7. The van der Waals surface area contributed by atoms with Gasteiger partial charge in [-0.1, -0.05) is 6.92 Å². The van der Waals surface area contributed by atoms with Crippen molar-refractivity contribution < 1.29 is 18.0 Å². The van der Waals surface area contributed by atoms with Crippen molar-refractivity contribution in [2.24, 2.45) is 0 Å². The van der Waals surface area contributed by atoms with Gasteiger partial charge in [-0.05, 0) is 18.6 Å². The van der Waals surface area contributed by atoms with Crippen LogP contribution in [0.2, 0.25) is 0 Å². The predicted molar refractivity (Wildman–Crippen MR) is 76.5 cm³/mol. The summed E-state index contributed by atoms with van der Waals surface area (Å²) in [4.78, 5) is 19.3. The number of halogens is 3. The van der Waals surface area contributed by atoms with Crippen LogP contribution in [0, 0.1) is 0 Å². The second-order valence-corrected chi connectivity index (χ2v) is 5.26. The number of hydrogen-bond acceptors (Lipinski definition) is 4. The van der Waals surface area contributed by atoms with Gasteiger partial charge in [-0.15, -0.1) is 11.3 Å². The highest BCUT2D eigenvalue weighted by molar-refractivity contribution is 7.09. The third-order valence-electron chi connectivity index (χ3n) is 2.74. The topological polar surface area (TPSA) is 66.9 Å². The minimum atomic E-state index is -4.48. The lowest BCUT2D eigenvalue weighted by atomic mass is 10.2. The number of nitrogens with zero attached hydrogens (tertiary/aromatic N) is 2. The minimum Gasteiger partial charge on any atom is -0.329 e. The molecular formula is C13H13F3N4OS. The van der Waals surface area contributed by atoms with Crippen molar-refractivity contribution in [1.82, 2.24) is 15.3 Å². The Hall–Kier alpha value is -2.16. The number of aromatic nitrogens is 2. The second kappa shape index (κ2) is 6.73. The van der Waals surface area contributed by atoms with E-state index in [1.54, 1.807) is 25.3 Å². The average Bonchev–Trinajstić information content (AvgIpc) is 2.95. The highest BCUT2D eigenvalue weighted by atomic mass is 32.1. The summed E-state index contributed by atoms with van der Waals surface area (Å²) >= 11 is 0.871. The van der Waals surface area contributed by atoms with Crippen molar-refractivity contribution >= 4 is 23.1 Å². The van der Waals surface area contributed by atoms with Gasteiger partial charge in [-0.25, -0.2) is 9.78 Å². The van der Waals surface area contributed by atoms with Gasteiger partial charge in [0.05, 0.1) is 17.9 Å². The van der Waals surface area contributed by atoms with Crippen molar-refractivity contribution in [2.75, 3.05) is 5.32 Å². The van der Waals surface area contributed by atoms with Gasteiger partial charge in [-0.2, -0.15) is 13.2 Å². The standard InChI is InChI=1S/C13H13F3N4OS/c1-2-9(11-20-10(7-22-11)13(14,15)16)19-12(21)18-8-4-3-5-17-6-8/h3-7,9H,2H2,1H3,(H2,18,19,21)/t9-/m1/s1. The van der Waals surface area contributed by atoms with Crippen LogP contribution in [0.25, 0.3) is 0 Å². The molecule has 2 rings (SSSR count). The molecule has 2 aromatic rings. The number of thiazole rings is 1. The van der Waals surface area contributed by atoms with Crippen molar-refractivity contribution in [3.05, 3.63) is 40.6 Å². The Labute approximate surface area is 128 Å². The van der Waals surface area contributed by atoms with Crippen molar-refractivity contribution in [3.8, 4) is 0 Å². The third kappa shape index (κ3) is 4.17. The molecule has 1 atom stereocenters. The summed E-state index contributed by atoms with van der Waals surface area (Å²) in [6.45, 7) is 1.75. The van der Waals surface area contributed by atoms with Gasteiger partial charge in [0.25, 0.3) is 0 Å². The number of carbonyl (C=O) groups excluding carboxylic acids is 1. The molecule has 0 spiro atoms. The molecule has 0 saturated carbocycles. The lowest BCUT2D eigenvalue weighted by Crippen LogP contribution is -2.32. The molecule has 0 aliphatic heterocycles. The molecule has 2 heterocycles. The van der Waals surface area contributed by atoms with Gasteiger partial charge in [0.15, 0.2) is 5.69 Å². The largest absolute Gasteiger partial charge is 0.434 e. The van der Waals surface area contributed by atoms with E-state index in [9.17, 15) is 18.0 Å². The zero-order valence-corrected chi connectivity index (χ0v) is 12.3. The first-order valence-electron chi connectivity index (χ1n) is 6.40. The van der Waals surface area contributed by atoms with E-state index in [4.69, 9.17) is 0 Å². The molecule has 118 valence electrons. The van der Waals surface area contributed by atoms with Crippen LogP contribution in [-0.4, -0.2) is 16.0 Å². The van der Waals surface area contributed by atoms with Gasteiger partial charge in [-0.3, -0.25) is 4.98 Å². The quantitative estimate of drug-likeness (QED) is 0.895. The van der Waals surface area contributed by atoms with Gasteiger partial charge in [0.2, 0.25) is 0 Å². The van der Waals surface area contributed by atoms with E-state index in [1.807, 2.05) is 0 Å². The molecular weight excluding hydrogens is 317 g/mol. The summed E-state index contributed by atoms with van der Waals surface area (Å²) in [5.41, 5.74) is -0.453. The molecule has 0 unspecified atom stereocenters. The first kappa shape index (κ1) is 16.2. The maximum absolute atomic E-state index is 12.6. The number of anilines is 1. The molecule has 0 aromatic carbocycles. The van der Waals surface area contributed by atoms with E-state index in [1.165, 1.54) is 6.20 Å². The van der Waals surface area contributed by atoms with Crippen molar-refractivity contribution in [2.45, 2.75) is 25.6 Å². The van der Waals surface area contributed by atoms with Crippen LogP contribution >= 0.6 is 11.3 Å². The van der Waals surface area contributed by atoms with Crippen molar-refractivity contribution in [1.29, 1.82) is 0 Å². The number of alkyl halides is 3. The van der Waals surface area contributed by atoms with Gasteiger partial charge >= 0.3 is 12.2 Å². The Kier molecular flexibility index (Phi) is 4.96. The zero-order chi connectivity index (χ0) is 16.2. The van der Waals surface area contributed by atoms with Crippen LogP contribution in [0.3, 0.4) is 0 Å². The van der Waals surface area contributed by atoms with E-state index in [0.29, 0.717) is 12.1 Å². The molecule has 2 N–H and O–H groups in total. The van der Waals surface area contributed by atoms with E-state index in [2.05, 4.69) is 20.6 Å². The Balaban J connectivity index is 2.03. The fraction of sp³-hybridized carbons (Fsp3) is 0.308. The number of carbonyl (C=O) groups is 1. The lowest BCUT2D eigenvalue weighted by molar-refractivity contribution is -0.140. The summed E-state index contributed by atoms with van der Waals surface area (Å²) in [5, 5.41) is 6.32. The predicted octanol–water partition coefficient (Wildman–Crippen LogP) is 3.83. The average molecular weight is 330 g/mol. The molecule has 5 nitrogen and oxygen atoms in total. The number of nitrogens with one attached hydrogen (secondary N) is 2. The SMILES string of the molecule is CC[C@@H](NC(=O)Nc1cccnc1)c1nc(C(F)(F)F)cs1. The number of amides is 2. The summed E-state index contributed by atoms with van der Waals surface area (Å²) in [7, 11) is 0. The zero-order valence-electron chi connectivity index (χ0n) is 11.5. The molecule has 0 bridgehead atoms. The summed E-state index contributed by atoms with van der Waals surface area (Å²) in [5.74, 6) is 0. The molecule has 2 amide bonds. The van der Waals surface area contributed by atoms with Gasteiger partial charge < -0.3 is 10.6 Å². The highest BCUT2D eigenvalue weighted by Crippen LogP contribution is 2.32. The number of pyridine rings is 1. The van der Waals surface area contributed by atoms with Crippen LogP contribution in [0.4, 0.5) is 23.7 Å². The van der Waals surface area contributed by atoms with E-state index >= 15 is 0 Å². The molecule has 0 fully saturated rings. The molecule has 9 heteroatoms. The van der Waals surface area contributed by atoms with E-state index in [-0.39, 0.29) is 5.01 Å². The smallest absolute Gasteiger partial charge is 0.329 e. The summed E-state index contributed by atoms with van der Waals surface area (Å²) in [6.07, 6.45) is -1.03. The summed E-state index contributed by atoms with van der Waals surface area (Å²) < 4.78 is 37.7. The Bertz CT molecular complexity index is 630. The fourth-order valence-corrected chi connectivity index (χ4v) is 2.64. The molecule has 22 heavy (non-hydrogen) atoms. The second-order valence-electron chi connectivity index (χ2n) is 4.37. The van der Waals surface area contributed by atoms with Crippen LogP contribution in [0.5, 0.6) is 0 Å². The van der Waals surface area contributed by atoms with Crippen molar-refractivity contribution in [3.63, 3.8) is 0 Å². The maximum Gasteiger partial charge on any atom is 0.434 e. The Morgan fingerprint density at radius 1 is 1.45 bits per heavy atom. The van der Waals surface area contributed by atoms with Gasteiger partial charge in [0.1, 0.15) is 5.01 Å². The fourth-order valence-electron chi connectivity index (χ4n) is 1.68. The monoisotopic (exact) mass is 330 g/mol. The Morgan fingerprint density at radius 3 is 2.77 bits per heavy atom. The van der Waals surface area contributed by atoms with Crippen LogP contribution in [-0.2, 0) is 6.18 Å². The first-order chi connectivity index (χ1) is 10.4. The van der Waals surface area contributed by atoms with Crippen LogP contribution in [0.1, 0.15) is 30.1 Å². The molecule has 0 aliphatic rings. The third-order valence-corrected chi connectivity index (χ3v) is 3.70.